The van der Waals surface area contributed by atoms with Crippen LogP contribution in [0.5, 0.6) is 11.5 Å². The summed E-state index contributed by atoms with van der Waals surface area (Å²) in [7, 11) is 0. The van der Waals surface area contributed by atoms with Gasteiger partial charge in [-0.1, -0.05) is 0 Å². The van der Waals surface area contributed by atoms with Crippen LogP contribution in [0.2, 0.25) is 0 Å². The van der Waals surface area contributed by atoms with E-state index in [1.54, 1.807) is 13.8 Å². The molecule has 0 unspecified atom stereocenters. The molecule has 0 bridgehead atoms. The monoisotopic (exact) mass is 614 g/mol. The molecule has 12 nitrogen and oxygen atoms in total. The van der Waals surface area contributed by atoms with Crippen molar-refractivity contribution in [3.05, 3.63) is 129 Å². The van der Waals surface area contributed by atoms with Crippen molar-refractivity contribution in [3.8, 4) is 17.2 Å². The zero-order valence-electron chi connectivity index (χ0n) is 23.7. The third-order valence-corrected chi connectivity index (χ3v) is 6.42. The Balaban J connectivity index is 1.35. The Morgan fingerprint density at radius 3 is 2.33 bits per heavy atom. The van der Waals surface area contributed by atoms with Gasteiger partial charge in [0.05, 0.1) is 11.3 Å². The molecule has 0 fully saturated rings. The van der Waals surface area contributed by atoms with E-state index < -0.39 is 46.4 Å². The SMILES string of the molecule is CC(C)n1cc(C(=O)Nc2ccc(Oc3ccnc(Nc4ccc(C(=O)O)cn4)c3)c(F)c2)c(=O)n(-c2ccc(F)cc2)c1=O. The average molecular weight is 615 g/mol. The lowest BCUT2D eigenvalue weighted by atomic mass is 10.2. The predicted molar refractivity (Wildman–Crippen MR) is 160 cm³/mol. The summed E-state index contributed by atoms with van der Waals surface area (Å²) < 4.78 is 36.1. The highest BCUT2D eigenvalue weighted by molar-refractivity contribution is 6.03. The number of amides is 1. The van der Waals surface area contributed by atoms with Crippen molar-refractivity contribution in [2.45, 2.75) is 19.9 Å². The summed E-state index contributed by atoms with van der Waals surface area (Å²) in [6.45, 7) is 3.38. The summed E-state index contributed by atoms with van der Waals surface area (Å²) in [4.78, 5) is 58.6. The van der Waals surface area contributed by atoms with Crippen LogP contribution >= 0.6 is 0 Å². The molecular formula is C31H24F2N6O6. The molecule has 0 atom stereocenters. The maximum absolute atomic E-state index is 15.1. The van der Waals surface area contributed by atoms with Crippen molar-refractivity contribution in [2.75, 3.05) is 10.6 Å². The minimum atomic E-state index is -1.11. The summed E-state index contributed by atoms with van der Waals surface area (Å²) >= 11 is 0. The highest BCUT2D eigenvalue weighted by atomic mass is 19.1. The van der Waals surface area contributed by atoms with E-state index >= 15 is 4.39 Å². The molecule has 2 aromatic carbocycles. The minimum absolute atomic E-state index is 0.00726. The van der Waals surface area contributed by atoms with E-state index in [1.165, 1.54) is 65.5 Å². The van der Waals surface area contributed by atoms with Crippen LogP contribution in [0.15, 0.2) is 94.9 Å². The second-order valence-corrected chi connectivity index (χ2v) is 9.88. The molecule has 0 radical (unpaired) electrons. The van der Waals surface area contributed by atoms with Gasteiger partial charge in [0.25, 0.3) is 11.5 Å². The van der Waals surface area contributed by atoms with Gasteiger partial charge in [-0.15, -0.1) is 0 Å². The number of carbonyl (C=O) groups excluding carboxylic acids is 1. The molecule has 14 heteroatoms. The Kier molecular flexibility index (Phi) is 8.47. The number of hydrogen-bond donors (Lipinski definition) is 3. The van der Waals surface area contributed by atoms with E-state index in [-0.39, 0.29) is 28.4 Å². The molecule has 3 aromatic heterocycles. The number of aromatic nitrogens is 4. The maximum atomic E-state index is 15.1. The molecular weight excluding hydrogens is 590 g/mol. The number of benzene rings is 2. The number of nitrogens with one attached hydrogen (secondary N) is 2. The second kappa shape index (κ2) is 12.6. The average Bonchev–Trinajstić information content (AvgIpc) is 3.00. The molecule has 45 heavy (non-hydrogen) atoms. The van der Waals surface area contributed by atoms with Gasteiger partial charge in [-0.3, -0.25) is 14.2 Å². The fourth-order valence-electron chi connectivity index (χ4n) is 4.17. The number of aromatic carboxylic acids is 1. The molecule has 0 saturated heterocycles. The van der Waals surface area contributed by atoms with Crippen molar-refractivity contribution in [1.82, 2.24) is 19.1 Å². The van der Waals surface area contributed by atoms with Gasteiger partial charge in [0.2, 0.25) is 0 Å². The zero-order valence-corrected chi connectivity index (χ0v) is 23.7. The fraction of sp³-hybridized carbons (Fsp3) is 0.0968. The van der Waals surface area contributed by atoms with Crippen LogP contribution in [0.1, 0.15) is 40.6 Å². The summed E-state index contributed by atoms with van der Waals surface area (Å²) in [5, 5.41) is 14.4. The van der Waals surface area contributed by atoms with E-state index in [0.29, 0.717) is 11.6 Å². The number of pyridine rings is 2. The van der Waals surface area contributed by atoms with Gasteiger partial charge in [-0.25, -0.2) is 32.9 Å². The normalized spacial score (nSPS) is 10.9. The standard InChI is InChI=1S/C31H24F2N6O6/c1-17(2)38-16-23(29(41)39(31(38)44)21-7-4-19(32)5-8-21)28(40)36-20-6-9-25(24(33)13-20)45-22-11-12-34-27(14-22)37-26-10-3-18(15-35-26)30(42)43/h3-17H,1-2H3,(H,36,40)(H,42,43)(H,34,35,37). The van der Waals surface area contributed by atoms with E-state index in [1.807, 2.05) is 0 Å². The minimum Gasteiger partial charge on any atom is -0.478 e. The van der Waals surface area contributed by atoms with Crippen LogP contribution in [0.4, 0.5) is 26.1 Å². The number of hydrogen-bond acceptors (Lipinski definition) is 8. The molecule has 0 spiro atoms. The lowest BCUT2D eigenvalue weighted by Crippen LogP contribution is -2.42. The summed E-state index contributed by atoms with van der Waals surface area (Å²) in [5.41, 5.74) is -1.94. The van der Waals surface area contributed by atoms with Gasteiger partial charge in [0.1, 0.15) is 28.8 Å². The summed E-state index contributed by atoms with van der Waals surface area (Å²) in [6, 6.07) is 13.7. The first kappa shape index (κ1) is 30.3. The molecule has 0 aliphatic heterocycles. The van der Waals surface area contributed by atoms with Crippen LogP contribution in [-0.4, -0.2) is 36.1 Å². The Hall–Kier alpha value is -6.18. The third-order valence-electron chi connectivity index (χ3n) is 6.42. The van der Waals surface area contributed by atoms with Crippen molar-refractivity contribution >= 4 is 29.2 Å². The summed E-state index contributed by atoms with van der Waals surface area (Å²) in [6.07, 6.45) is 3.72. The van der Waals surface area contributed by atoms with Crippen LogP contribution < -0.4 is 26.6 Å². The van der Waals surface area contributed by atoms with Crippen molar-refractivity contribution < 1.29 is 28.2 Å². The number of carboxylic acid groups (broad SMARTS) is 1. The van der Waals surface area contributed by atoms with E-state index in [9.17, 15) is 23.6 Å². The lowest BCUT2D eigenvalue weighted by molar-refractivity contribution is 0.0696. The summed E-state index contributed by atoms with van der Waals surface area (Å²) in [5.74, 6) is -2.76. The van der Waals surface area contributed by atoms with E-state index in [0.717, 1.165) is 29.0 Å². The number of ether oxygens (including phenoxy) is 1. The topological polar surface area (TPSA) is 157 Å². The zero-order chi connectivity index (χ0) is 32.2. The molecule has 0 aliphatic rings. The fourth-order valence-corrected chi connectivity index (χ4v) is 4.17. The number of rotatable bonds is 9. The van der Waals surface area contributed by atoms with Gasteiger partial charge in [0.15, 0.2) is 11.6 Å². The van der Waals surface area contributed by atoms with Crippen molar-refractivity contribution in [3.63, 3.8) is 0 Å². The number of halogens is 2. The van der Waals surface area contributed by atoms with Gasteiger partial charge in [0, 0.05) is 42.5 Å². The smallest absolute Gasteiger partial charge is 0.337 e. The number of anilines is 3. The number of carboxylic acids is 1. The molecule has 3 heterocycles. The Bertz CT molecular complexity index is 2030. The molecule has 228 valence electrons. The van der Waals surface area contributed by atoms with Gasteiger partial charge < -0.3 is 20.5 Å². The van der Waals surface area contributed by atoms with Crippen LogP contribution in [0.25, 0.3) is 5.69 Å². The van der Waals surface area contributed by atoms with Crippen molar-refractivity contribution in [1.29, 1.82) is 0 Å². The molecule has 1 amide bonds. The highest BCUT2D eigenvalue weighted by Crippen LogP contribution is 2.28. The van der Waals surface area contributed by atoms with E-state index in [2.05, 4.69) is 20.6 Å². The second-order valence-electron chi connectivity index (χ2n) is 9.88. The van der Waals surface area contributed by atoms with Gasteiger partial charge in [-0.05, 0) is 68.4 Å². The third kappa shape index (κ3) is 6.74. The molecule has 5 rings (SSSR count). The van der Waals surface area contributed by atoms with Gasteiger partial charge in [-0.2, -0.15) is 0 Å². The Labute approximate surface area is 253 Å². The molecule has 3 N–H and O–H groups in total. The first-order valence-electron chi connectivity index (χ1n) is 13.4. The maximum Gasteiger partial charge on any atom is 0.337 e. The first-order chi connectivity index (χ1) is 21.5. The van der Waals surface area contributed by atoms with E-state index in [4.69, 9.17) is 9.84 Å². The molecule has 0 aliphatic carbocycles. The van der Waals surface area contributed by atoms with Crippen molar-refractivity contribution in [2.24, 2.45) is 0 Å². The number of nitrogens with zero attached hydrogens (tertiary/aromatic N) is 4. The Morgan fingerprint density at radius 2 is 1.69 bits per heavy atom. The van der Waals surface area contributed by atoms with Crippen LogP contribution in [0, 0.1) is 11.6 Å². The number of carbonyl (C=O) groups is 2. The molecule has 5 aromatic rings. The Morgan fingerprint density at radius 1 is 0.933 bits per heavy atom. The van der Waals surface area contributed by atoms with Crippen LogP contribution in [0.3, 0.4) is 0 Å². The highest BCUT2D eigenvalue weighted by Gasteiger charge is 2.20. The van der Waals surface area contributed by atoms with Crippen LogP contribution in [-0.2, 0) is 0 Å². The quantitative estimate of drug-likeness (QED) is 0.205. The first-order valence-corrected chi connectivity index (χ1v) is 13.4. The molecule has 0 saturated carbocycles. The lowest BCUT2D eigenvalue weighted by Gasteiger charge is -2.16. The largest absolute Gasteiger partial charge is 0.478 e. The predicted octanol–water partition coefficient (Wildman–Crippen LogP) is 5.13. The van der Waals surface area contributed by atoms with Gasteiger partial charge >= 0.3 is 11.7 Å².